The Balaban J connectivity index is 1.46. The lowest BCUT2D eigenvalue weighted by Crippen LogP contribution is -2.42. The fourth-order valence-electron chi connectivity index (χ4n) is 4.09. The summed E-state index contributed by atoms with van der Waals surface area (Å²) in [4.78, 5) is 23.6. The Morgan fingerprint density at radius 1 is 1.20 bits per heavy atom. The first-order valence-electron chi connectivity index (χ1n) is 8.94. The molecule has 3 N–H and O–H groups in total. The maximum Gasteiger partial charge on any atom is 0.305 e. The van der Waals surface area contributed by atoms with Gasteiger partial charge in [0.25, 0.3) is 0 Å². The molecule has 0 spiro atoms. The fraction of sp³-hybridized carbons (Fsp3) is 0.579. The van der Waals surface area contributed by atoms with Crippen LogP contribution in [-0.2, 0) is 14.3 Å². The molecule has 2 aliphatic rings. The Bertz CT molecular complexity index is 614. The lowest BCUT2D eigenvalue weighted by molar-refractivity contribution is -0.140. The molecule has 2 saturated carbocycles. The van der Waals surface area contributed by atoms with Gasteiger partial charge in [0.05, 0.1) is 19.6 Å². The molecule has 136 valence electrons. The van der Waals surface area contributed by atoms with Gasteiger partial charge in [0, 0.05) is 18.2 Å². The van der Waals surface area contributed by atoms with Crippen LogP contribution in [0.25, 0.3) is 0 Å². The summed E-state index contributed by atoms with van der Waals surface area (Å²) in [6.07, 6.45) is 4.33. The Labute approximate surface area is 148 Å². The predicted molar refractivity (Wildman–Crippen MR) is 94.1 cm³/mol. The molecule has 2 aliphatic carbocycles. The highest BCUT2D eigenvalue weighted by Crippen LogP contribution is 2.47. The van der Waals surface area contributed by atoms with Crippen LogP contribution in [0.15, 0.2) is 24.3 Å². The molecule has 0 aliphatic heterocycles. The lowest BCUT2D eigenvalue weighted by atomic mass is 9.84. The van der Waals surface area contributed by atoms with Crippen molar-refractivity contribution in [3.63, 3.8) is 0 Å². The van der Waals surface area contributed by atoms with Crippen LogP contribution in [0.5, 0.6) is 5.75 Å². The number of rotatable bonds is 7. The normalized spacial score (nSPS) is 27.1. The summed E-state index contributed by atoms with van der Waals surface area (Å²) in [5.74, 6) is 1.40. The monoisotopic (exact) mass is 346 g/mol. The van der Waals surface area contributed by atoms with Crippen LogP contribution < -0.4 is 15.8 Å². The third kappa shape index (κ3) is 4.12. The van der Waals surface area contributed by atoms with E-state index in [0.29, 0.717) is 37.0 Å². The number of carbonyl (C=O) groups is 2. The minimum atomic E-state index is -0.236. The third-order valence-electron chi connectivity index (χ3n) is 5.43. The van der Waals surface area contributed by atoms with Crippen molar-refractivity contribution >= 4 is 17.6 Å². The number of amides is 1. The van der Waals surface area contributed by atoms with Crippen molar-refractivity contribution < 1.29 is 19.1 Å². The highest BCUT2D eigenvalue weighted by Gasteiger charge is 2.49. The number of fused-ring (bicyclic) bond motifs is 2. The molecule has 2 fully saturated rings. The van der Waals surface area contributed by atoms with Gasteiger partial charge < -0.3 is 20.5 Å². The summed E-state index contributed by atoms with van der Waals surface area (Å²) < 4.78 is 10.2. The number of carbonyl (C=O) groups excluding carboxylic acids is 2. The van der Waals surface area contributed by atoms with E-state index in [9.17, 15) is 9.59 Å². The first-order valence-corrected chi connectivity index (χ1v) is 8.94. The Morgan fingerprint density at radius 3 is 2.56 bits per heavy atom. The van der Waals surface area contributed by atoms with Crippen LogP contribution in [0, 0.1) is 17.8 Å². The molecule has 0 saturated heterocycles. The molecule has 3 rings (SSSR count). The topological polar surface area (TPSA) is 90.6 Å². The average Bonchev–Trinajstić information content (AvgIpc) is 3.21. The highest BCUT2D eigenvalue weighted by atomic mass is 16.5. The molecule has 0 radical (unpaired) electrons. The predicted octanol–water partition coefficient (Wildman–Crippen LogP) is 2.33. The molecule has 25 heavy (non-hydrogen) atoms. The number of ether oxygens (including phenoxy) is 2. The largest absolute Gasteiger partial charge is 0.494 e. The second-order valence-corrected chi connectivity index (χ2v) is 6.98. The van der Waals surface area contributed by atoms with Gasteiger partial charge in [-0.1, -0.05) is 0 Å². The summed E-state index contributed by atoms with van der Waals surface area (Å²) in [5, 5.41) is 2.98. The molecule has 0 heterocycles. The zero-order valence-corrected chi connectivity index (χ0v) is 14.6. The molecule has 4 unspecified atom stereocenters. The average molecular weight is 346 g/mol. The van der Waals surface area contributed by atoms with Gasteiger partial charge in [-0.2, -0.15) is 0 Å². The standard InChI is InChI=1S/C19H26N2O4/c1-24-16(22)3-2-10-25-15-8-6-14(7-9-15)21-19(23)17-12-4-5-13(11-12)18(17)20/h6-9,12-13,17-18H,2-5,10-11,20H2,1H3,(H,21,23). The molecular weight excluding hydrogens is 320 g/mol. The molecule has 6 nitrogen and oxygen atoms in total. The summed E-state index contributed by atoms with van der Waals surface area (Å²) >= 11 is 0. The molecular formula is C19H26N2O4. The second kappa shape index (κ2) is 7.87. The lowest BCUT2D eigenvalue weighted by Gasteiger charge is -2.27. The van der Waals surface area contributed by atoms with Gasteiger partial charge in [0.1, 0.15) is 5.75 Å². The van der Waals surface area contributed by atoms with Crippen LogP contribution >= 0.6 is 0 Å². The van der Waals surface area contributed by atoms with Crippen molar-refractivity contribution in [2.75, 3.05) is 19.0 Å². The van der Waals surface area contributed by atoms with Crippen molar-refractivity contribution in [2.45, 2.75) is 38.1 Å². The van der Waals surface area contributed by atoms with Crippen molar-refractivity contribution in [1.82, 2.24) is 0 Å². The van der Waals surface area contributed by atoms with Crippen molar-refractivity contribution in [2.24, 2.45) is 23.5 Å². The van der Waals surface area contributed by atoms with Gasteiger partial charge in [-0.25, -0.2) is 0 Å². The van der Waals surface area contributed by atoms with Crippen LogP contribution in [0.1, 0.15) is 32.1 Å². The van der Waals surface area contributed by atoms with Crippen LogP contribution in [-0.4, -0.2) is 31.6 Å². The number of benzene rings is 1. The van der Waals surface area contributed by atoms with Gasteiger partial charge in [-0.05, 0) is 61.8 Å². The van der Waals surface area contributed by atoms with Gasteiger partial charge in [0.15, 0.2) is 0 Å². The smallest absolute Gasteiger partial charge is 0.305 e. The summed E-state index contributed by atoms with van der Waals surface area (Å²) in [6, 6.07) is 7.28. The molecule has 1 aromatic carbocycles. The van der Waals surface area contributed by atoms with E-state index in [1.165, 1.54) is 7.11 Å². The van der Waals surface area contributed by atoms with E-state index < -0.39 is 0 Å². The zero-order chi connectivity index (χ0) is 17.8. The van der Waals surface area contributed by atoms with E-state index >= 15 is 0 Å². The maximum absolute atomic E-state index is 12.5. The van der Waals surface area contributed by atoms with Gasteiger partial charge in [0.2, 0.25) is 5.91 Å². The Kier molecular flexibility index (Phi) is 5.58. The molecule has 1 amide bonds. The second-order valence-electron chi connectivity index (χ2n) is 6.98. The van der Waals surface area contributed by atoms with Gasteiger partial charge >= 0.3 is 5.97 Å². The number of hydrogen-bond donors (Lipinski definition) is 2. The molecule has 0 aromatic heterocycles. The van der Waals surface area contributed by atoms with Crippen LogP contribution in [0.4, 0.5) is 5.69 Å². The van der Waals surface area contributed by atoms with Crippen molar-refractivity contribution in [3.05, 3.63) is 24.3 Å². The number of anilines is 1. The van der Waals surface area contributed by atoms with E-state index in [1.807, 2.05) is 24.3 Å². The zero-order valence-electron chi connectivity index (χ0n) is 14.6. The minimum Gasteiger partial charge on any atom is -0.494 e. The van der Waals surface area contributed by atoms with Crippen molar-refractivity contribution in [3.8, 4) is 5.75 Å². The Morgan fingerprint density at radius 2 is 1.92 bits per heavy atom. The van der Waals surface area contributed by atoms with Crippen molar-refractivity contribution in [1.29, 1.82) is 0 Å². The van der Waals surface area contributed by atoms with E-state index in [0.717, 1.165) is 24.9 Å². The number of hydrogen-bond acceptors (Lipinski definition) is 5. The first-order chi connectivity index (χ1) is 12.1. The van der Waals surface area contributed by atoms with Crippen LogP contribution in [0.2, 0.25) is 0 Å². The summed E-state index contributed by atoms with van der Waals surface area (Å²) in [6.45, 7) is 0.445. The number of nitrogens with one attached hydrogen (secondary N) is 1. The van der Waals surface area contributed by atoms with Gasteiger partial charge in [-0.15, -0.1) is 0 Å². The first kappa shape index (κ1) is 17.7. The summed E-state index contributed by atoms with van der Waals surface area (Å²) in [7, 11) is 1.37. The third-order valence-corrected chi connectivity index (χ3v) is 5.43. The van der Waals surface area contributed by atoms with Crippen LogP contribution in [0.3, 0.4) is 0 Å². The van der Waals surface area contributed by atoms with Gasteiger partial charge in [-0.3, -0.25) is 9.59 Å². The maximum atomic E-state index is 12.5. The number of nitrogens with two attached hydrogens (primary N) is 1. The Hall–Kier alpha value is -2.08. The van der Waals surface area contributed by atoms with E-state index in [4.69, 9.17) is 10.5 Å². The SMILES string of the molecule is COC(=O)CCCOc1ccc(NC(=O)C2C3CCC(C3)C2N)cc1. The number of esters is 1. The van der Waals surface area contributed by atoms with E-state index in [1.54, 1.807) is 0 Å². The fourth-order valence-corrected chi connectivity index (χ4v) is 4.09. The minimum absolute atomic E-state index is 0.00355. The highest BCUT2D eigenvalue weighted by molar-refractivity contribution is 5.93. The van der Waals surface area contributed by atoms with E-state index in [2.05, 4.69) is 10.1 Å². The molecule has 4 atom stereocenters. The summed E-state index contributed by atoms with van der Waals surface area (Å²) in [5.41, 5.74) is 6.98. The molecule has 2 bridgehead atoms. The quantitative estimate of drug-likeness (QED) is 0.584. The molecule has 6 heteroatoms. The van der Waals surface area contributed by atoms with E-state index in [-0.39, 0.29) is 23.8 Å². The molecule has 1 aromatic rings. The number of methoxy groups -OCH3 is 1.